The molecule has 1 aliphatic heterocycles. The van der Waals surface area contributed by atoms with E-state index in [9.17, 15) is 4.79 Å². The number of hydrogen-bond donors (Lipinski definition) is 0. The van der Waals surface area contributed by atoms with Crippen molar-refractivity contribution in [1.82, 2.24) is 0 Å². The molecule has 2 rings (SSSR count). The second-order valence-corrected chi connectivity index (χ2v) is 7.64. The van der Waals surface area contributed by atoms with Crippen LogP contribution in [-0.4, -0.2) is 30.9 Å². The number of carbonyl (C=O) groups is 1. The summed E-state index contributed by atoms with van der Waals surface area (Å²) in [6, 6.07) is 7.53. The van der Waals surface area contributed by atoms with E-state index >= 15 is 0 Å². The number of benzene rings is 1. The van der Waals surface area contributed by atoms with Crippen LogP contribution < -0.4 is 4.74 Å². The van der Waals surface area contributed by atoms with Crippen molar-refractivity contribution in [2.45, 2.75) is 71.9 Å². The molecule has 0 bridgehead atoms. The molecular formula is C21H31BO5. The lowest BCUT2D eigenvalue weighted by molar-refractivity contribution is -0.142. The van der Waals surface area contributed by atoms with Crippen LogP contribution in [0.15, 0.2) is 36.1 Å². The van der Waals surface area contributed by atoms with E-state index in [1.807, 2.05) is 65.0 Å². The minimum atomic E-state index is -0.342. The van der Waals surface area contributed by atoms with Gasteiger partial charge in [-0.15, -0.1) is 0 Å². The molecule has 0 spiro atoms. The van der Waals surface area contributed by atoms with Crippen LogP contribution in [0.4, 0.5) is 0 Å². The van der Waals surface area contributed by atoms with Crippen LogP contribution in [0.2, 0.25) is 6.32 Å². The smallest absolute Gasteiger partial charge is 0.461 e. The fourth-order valence-electron chi connectivity index (χ4n) is 2.81. The van der Waals surface area contributed by atoms with Gasteiger partial charge in [0.15, 0.2) is 0 Å². The summed E-state index contributed by atoms with van der Waals surface area (Å²) in [5.41, 5.74) is 0.126. The molecular weight excluding hydrogens is 343 g/mol. The molecule has 0 radical (unpaired) electrons. The van der Waals surface area contributed by atoms with Gasteiger partial charge in [0.2, 0.25) is 0 Å². The van der Waals surface area contributed by atoms with Crippen LogP contribution in [0.25, 0.3) is 0 Å². The van der Waals surface area contributed by atoms with Crippen molar-refractivity contribution < 1.29 is 23.6 Å². The average Bonchev–Trinajstić information content (AvgIpc) is 2.80. The minimum absolute atomic E-state index is 0.193. The molecule has 1 saturated heterocycles. The number of rotatable bonds is 8. The highest BCUT2D eigenvalue weighted by Gasteiger charge is 2.50. The molecule has 6 heteroatoms. The zero-order valence-corrected chi connectivity index (χ0v) is 17.3. The maximum absolute atomic E-state index is 11.8. The molecule has 1 fully saturated rings. The molecule has 0 aromatic heterocycles. The quantitative estimate of drug-likeness (QED) is 0.379. The summed E-state index contributed by atoms with van der Waals surface area (Å²) < 4.78 is 23.2. The van der Waals surface area contributed by atoms with Gasteiger partial charge in [0.1, 0.15) is 5.75 Å². The third kappa shape index (κ3) is 5.60. The highest BCUT2D eigenvalue weighted by Crippen LogP contribution is 2.38. The average molecular weight is 374 g/mol. The van der Waals surface area contributed by atoms with Crippen LogP contribution in [0.1, 0.15) is 53.5 Å². The molecule has 0 amide bonds. The number of hydrogen-bond acceptors (Lipinski definition) is 5. The van der Waals surface area contributed by atoms with Gasteiger partial charge >= 0.3 is 13.1 Å². The van der Waals surface area contributed by atoms with Gasteiger partial charge in [0.05, 0.1) is 30.0 Å². The lowest BCUT2D eigenvalue weighted by Crippen LogP contribution is -2.41. The van der Waals surface area contributed by atoms with E-state index in [2.05, 4.69) is 0 Å². The summed E-state index contributed by atoms with van der Waals surface area (Å²) in [4.78, 5) is 11.8. The van der Waals surface area contributed by atoms with Crippen LogP contribution in [0.3, 0.4) is 0 Å². The van der Waals surface area contributed by atoms with Gasteiger partial charge in [-0.3, -0.25) is 4.79 Å². The Morgan fingerprint density at radius 1 is 1.11 bits per heavy atom. The summed E-state index contributed by atoms with van der Waals surface area (Å²) in [7, 11) is -0.296. The normalized spacial score (nSPS) is 18.4. The van der Waals surface area contributed by atoms with Crippen molar-refractivity contribution in [3.63, 3.8) is 0 Å². The minimum Gasteiger partial charge on any atom is -0.466 e. The fraction of sp³-hybridized carbons (Fsp3) is 0.571. The fourth-order valence-corrected chi connectivity index (χ4v) is 2.81. The number of esters is 1. The van der Waals surface area contributed by atoms with Crippen LogP contribution in [0, 0.1) is 0 Å². The van der Waals surface area contributed by atoms with E-state index in [0.29, 0.717) is 18.7 Å². The highest BCUT2D eigenvalue weighted by molar-refractivity contribution is 6.46. The van der Waals surface area contributed by atoms with E-state index in [-0.39, 0.29) is 30.7 Å². The monoisotopic (exact) mass is 374 g/mol. The van der Waals surface area contributed by atoms with Gasteiger partial charge in [-0.05, 0) is 46.8 Å². The van der Waals surface area contributed by atoms with E-state index in [1.54, 1.807) is 6.92 Å². The van der Waals surface area contributed by atoms with Crippen molar-refractivity contribution in [1.29, 1.82) is 0 Å². The van der Waals surface area contributed by atoms with Crippen molar-refractivity contribution in [2.75, 3.05) is 6.61 Å². The Hall–Kier alpha value is -1.79. The zero-order valence-electron chi connectivity index (χ0n) is 17.3. The molecule has 27 heavy (non-hydrogen) atoms. The topological polar surface area (TPSA) is 54.0 Å². The molecule has 148 valence electrons. The molecule has 1 aromatic rings. The second kappa shape index (κ2) is 8.94. The van der Waals surface area contributed by atoms with Crippen LogP contribution in [-0.2, 0) is 25.3 Å². The number of ether oxygens (including phenoxy) is 2. The molecule has 1 aliphatic rings. The van der Waals surface area contributed by atoms with E-state index in [1.165, 1.54) is 0 Å². The molecule has 0 aliphatic carbocycles. The SMILES string of the molecule is CCOC(=O)Cc1ccccc1O/C(=C/CB1OC(C)(C)C(C)(C)O1)CC. The van der Waals surface area contributed by atoms with E-state index in [4.69, 9.17) is 18.8 Å². The van der Waals surface area contributed by atoms with E-state index < -0.39 is 0 Å². The van der Waals surface area contributed by atoms with Gasteiger partial charge < -0.3 is 18.8 Å². The summed E-state index contributed by atoms with van der Waals surface area (Å²) >= 11 is 0. The predicted molar refractivity (Wildman–Crippen MR) is 107 cm³/mol. The Morgan fingerprint density at radius 3 is 2.33 bits per heavy atom. The standard InChI is InChI=1S/C21H31BO5/c1-7-17(13-14-22-26-20(3,4)21(5,6)27-22)25-18-12-10-9-11-16(18)15-19(23)24-8-2/h9-13H,7-8,14-15H2,1-6H3/b17-13+. The highest BCUT2D eigenvalue weighted by atomic mass is 16.7. The van der Waals surface area contributed by atoms with Crippen molar-refractivity contribution in [3.8, 4) is 5.75 Å². The Kier molecular flexibility index (Phi) is 7.12. The van der Waals surface area contributed by atoms with Gasteiger partial charge in [-0.1, -0.05) is 25.1 Å². The maximum atomic E-state index is 11.8. The van der Waals surface area contributed by atoms with Gasteiger partial charge in [0, 0.05) is 18.3 Å². The first-order chi connectivity index (χ1) is 12.7. The Balaban J connectivity index is 2.05. The molecule has 1 aromatic carbocycles. The van der Waals surface area contributed by atoms with Crippen molar-refractivity contribution in [2.24, 2.45) is 0 Å². The molecule has 0 saturated carbocycles. The van der Waals surface area contributed by atoms with Crippen molar-refractivity contribution >= 4 is 13.1 Å². The molecule has 0 atom stereocenters. The predicted octanol–water partition coefficient (Wildman–Crippen LogP) is 4.56. The third-order valence-corrected chi connectivity index (χ3v) is 5.04. The number of para-hydroxylation sites is 1. The first-order valence-electron chi connectivity index (χ1n) is 9.64. The summed E-state index contributed by atoms with van der Waals surface area (Å²) in [5, 5.41) is 0. The Bertz CT molecular complexity index is 665. The van der Waals surface area contributed by atoms with Gasteiger partial charge in [-0.25, -0.2) is 0 Å². The summed E-state index contributed by atoms with van der Waals surface area (Å²) in [6.07, 6.45) is 3.53. The zero-order chi connectivity index (χ0) is 20.1. The Labute approximate surface area is 163 Å². The number of carbonyl (C=O) groups excluding carboxylic acids is 1. The Morgan fingerprint density at radius 2 is 1.74 bits per heavy atom. The molecule has 1 heterocycles. The second-order valence-electron chi connectivity index (χ2n) is 7.64. The van der Waals surface area contributed by atoms with Gasteiger partial charge in [-0.2, -0.15) is 0 Å². The summed E-state index contributed by atoms with van der Waals surface area (Å²) in [6.45, 7) is 12.4. The van der Waals surface area contributed by atoms with Crippen LogP contribution >= 0.6 is 0 Å². The first kappa shape index (κ1) is 21.5. The molecule has 0 unspecified atom stereocenters. The van der Waals surface area contributed by atoms with E-state index in [0.717, 1.165) is 17.7 Å². The molecule has 5 nitrogen and oxygen atoms in total. The number of allylic oxidation sites excluding steroid dienone is 2. The first-order valence-corrected chi connectivity index (χ1v) is 9.64. The third-order valence-electron chi connectivity index (χ3n) is 5.04. The molecule has 0 N–H and O–H groups in total. The van der Waals surface area contributed by atoms with Crippen molar-refractivity contribution in [3.05, 3.63) is 41.7 Å². The maximum Gasteiger partial charge on any atom is 0.461 e. The summed E-state index contributed by atoms with van der Waals surface area (Å²) in [5.74, 6) is 1.24. The lowest BCUT2D eigenvalue weighted by atomic mass is 9.84. The largest absolute Gasteiger partial charge is 0.466 e. The van der Waals surface area contributed by atoms with Crippen LogP contribution in [0.5, 0.6) is 5.75 Å². The van der Waals surface area contributed by atoms with Gasteiger partial charge in [0.25, 0.3) is 0 Å². The lowest BCUT2D eigenvalue weighted by Gasteiger charge is -2.32.